The molecule has 1 amide bonds. The van der Waals surface area contributed by atoms with Crippen molar-refractivity contribution in [2.24, 2.45) is 0 Å². The average Bonchev–Trinajstić information content (AvgIpc) is 3.32. The first-order valence-corrected chi connectivity index (χ1v) is 10.4. The van der Waals surface area contributed by atoms with E-state index in [2.05, 4.69) is 11.1 Å². The summed E-state index contributed by atoms with van der Waals surface area (Å²) in [5, 5.41) is 9.61. The fraction of sp³-hybridized carbons (Fsp3) is 0.292. The summed E-state index contributed by atoms with van der Waals surface area (Å²) in [6.45, 7) is 2.02. The lowest BCUT2D eigenvalue weighted by Gasteiger charge is -2.34. The maximum absolute atomic E-state index is 12.9. The number of anilines is 1. The SMILES string of the molecule is COc1cccc(C(=O)N2CCN(c3oc(-c4ccc(OC)c(OC)c4)nc3C#N)CC2)c1. The van der Waals surface area contributed by atoms with Crippen LogP contribution in [0.15, 0.2) is 46.9 Å². The van der Waals surface area contributed by atoms with E-state index in [1.54, 1.807) is 68.7 Å². The Morgan fingerprint density at radius 1 is 1.00 bits per heavy atom. The molecule has 9 nitrogen and oxygen atoms in total. The standard InChI is InChI=1S/C24H24N4O5/c1-30-18-6-4-5-17(13-18)23(29)27-9-11-28(12-10-27)24-19(15-25)26-22(33-24)16-7-8-20(31-2)21(14-16)32-3/h4-8,13-14H,9-12H2,1-3H3. The van der Waals surface area contributed by atoms with Crippen LogP contribution in [0, 0.1) is 11.3 Å². The van der Waals surface area contributed by atoms with E-state index >= 15 is 0 Å². The number of carbonyl (C=O) groups is 1. The van der Waals surface area contributed by atoms with Crippen LogP contribution in [-0.4, -0.2) is 63.3 Å². The number of nitrogens with zero attached hydrogens (tertiary/aromatic N) is 4. The van der Waals surface area contributed by atoms with Gasteiger partial charge >= 0.3 is 0 Å². The number of piperazine rings is 1. The topological polar surface area (TPSA) is 101 Å². The van der Waals surface area contributed by atoms with Gasteiger partial charge in [-0.2, -0.15) is 10.2 Å². The number of nitriles is 1. The molecule has 0 atom stereocenters. The summed E-state index contributed by atoms with van der Waals surface area (Å²) in [5.74, 6) is 2.43. The van der Waals surface area contributed by atoms with Crippen molar-refractivity contribution in [2.75, 3.05) is 52.4 Å². The van der Waals surface area contributed by atoms with Crippen LogP contribution in [0.4, 0.5) is 5.88 Å². The summed E-state index contributed by atoms with van der Waals surface area (Å²) in [7, 11) is 4.69. The van der Waals surface area contributed by atoms with Gasteiger partial charge in [-0.25, -0.2) is 0 Å². The van der Waals surface area contributed by atoms with Crippen molar-refractivity contribution in [3.8, 4) is 34.8 Å². The molecule has 33 heavy (non-hydrogen) atoms. The number of hydrogen-bond acceptors (Lipinski definition) is 8. The minimum Gasteiger partial charge on any atom is -0.497 e. The normalized spacial score (nSPS) is 13.4. The third kappa shape index (κ3) is 4.41. The Labute approximate surface area is 191 Å². The highest BCUT2D eigenvalue weighted by Gasteiger charge is 2.27. The molecule has 0 aliphatic carbocycles. The average molecular weight is 448 g/mol. The van der Waals surface area contributed by atoms with Gasteiger partial charge in [0.25, 0.3) is 5.91 Å². The van der Waals surface area contributed by atoms with Crippen molar-refractivity contribution in [2.45, 2.75) is 0 Å². The third-order valence-electron chi connectivity index (χ3n) is 5.52. The number of oxazole rings is 1. The Hall–Kier alpha value is -4.19. The van der Waals surface area contributed by atoms with Gasteiger partial charge in [0.2, 0.25) is 17.5 Å². The van der Waals surface area contributed by atoms with Crippen LogP contribution in [0.1, 0.15) is 16.1 Å². The van der Waals surface area contributed by atoms with Crippen molar-refractivity contribution in [1.82, 2.24) is 9.88 Å². The molecule has 1 aliphatic heterocycles. The summed E-state index contributed by atoms with van der Waals surface area (Å²) in [5.41, 5.74) is 1.45. The van der Waals surface area contributed by atoms with Crippen LogP contribution in [0.2, 0.25) is 0 Å². The van der Waals surface area contributed by atoms with E-state index in [4.69, 9.17) is 18.6 Å². The molecule has 0 spiro atoms. The first-order valence-electron chi connectivity index (χ1n) is 10.4. The largest absolute Gasteiger partial charge is 0.497 e. The number of hydrogen-bond donors (Lipinski definition) is 0. The summed E-state index contributed by atoms with van der Waals surface area (Å²) in [4.78, 5) is 21.0. The molecular weight excluding hydrogens is 424 g/mol. The van der Waals surface area contributed by atoms with Gasteiger partial charge in [0.15, 0.2) is 11.5 Å². The van der Waals surface area contributed by atoms with Crippen LogP contribution in [0.25, 0.3) is 11.5 Å². The van der Waals surface area contributed by atoms with E-state index in [0.29, 0.717) is 66.3 Å². The second-order valence-corrected chi connectivity index (χ2v) is 7.37. The van der Waals surface area contributed by atoms with Gasteiger partial charge < -0.3 is 28.4 Å². The second kappa shape index (κ2) is 9.53. The molecule has 170 valence electrons. The Morgan fingerprint density at radius 3 is 2.42 bits per heavy atom. The number of rotatable bonds is 6. The van der Waals surface area contributed by atoms with Crippen molar-refractivity contribution in [1.29, 1.82) is 5.26 Å². The Bertz CT molecular complexity index is 1190. The van der Waals surface area contributed by atoms with E-state index in [1.165, 1.54) is 0 Å². The van der Waals surface area contributed by atoms with Crippen LogP contribution < -0.4 is 19.1 Å². The molecular formula is C24H24N4O5. The number of benzene rings is 2. The van der Waals surface area contributed by atoms with Crippen molar-refractivity contribution >= 4 is 11.8 Å². The molecule has 1 fully saturated rings. The predicted molar refractivity (Wildman–Crippen MR) is 121 cm³/mol. The zero-order valence-corrected chi connectivity index (χ0v) is 18.7. The Balaban J connectivity index is 1.50. The van der Waals surface area contributed by atoms with E-state index in [9.17, 15) is 10.1 Å². The minimum absolute atomic E-state index is 0.0577. The molecule has 2 heterocycles. The zero-order valence-electron chi connectivity index (χ0n) is 18.7. The molecule has 9 heteroatoms. The van der Waals surface area contributed by atoms with E-state index in [0.717, 1.165) is 0 Å². The summed E-state index contributed by atoms with van der Waals surface area (Å²) >= 11 is 0. The monoisotopic (exact) mass is 448 g/mol. The van der Waals surface area contributed by atoms with Crippen LogP contribution in [0.3, 0.4) is 0 Å². The highest BCUT2D eigenvalue weighted by atomic mass is 16.5. The fourth-order valence-corrected chi connectivity index (χ4v) is 3.74. The van der Waals surface area contributed by atoms with Crippen molar-refractivity contribution < 1.29 is 23.4 Å². The predicted octanol–water partition coefficient (Wildman–Crippen LogP) is 3.20. The number of aromatic nitrogens is 1. The van der Waals surface area contributed by atoms with Gasteiger partial charge in [-0.1, -0.05) is 6.07 Å². The number of ether oxygens (including phenoxy) is 3. The number of amides is 1. The molecule has 1 aromatic heterocycles. The quantitative estimate of drug-likeness (QED) is 0.567. The number of carbonyl (C=O) groups excluding carboxylic acids is 1. The van der Waals surface area contributed by atoms with Crippen LogP contribution in [-0.2, 0) is 0 Å². The maximum atomic E-state index is 12.9. The van der Waals surface area contributed by atoms with Gasteiger partial charge in [0.05, 0.1) is 21.3 Å². The molecule has 3 aromatic rings. The summed E-state index contributed by atoms with van der Waals surface area (Å²) < 4.78 is 21.8. The van der Waals surface area contributed by atoms with E-state index < -0.39 is 0 Å². The molecule has 0 radical (unpaired) electrons. The van der Waals surface area contributed by atoms with Crippen LogP contribution >= 0.6 is 0 Å². The number of methoxy groups -OCH3 is 3. The smallest absolute Gasteiger partial charge is 0.254 e. The Morgan fingerprint density at radius 2 is 1.76 bits per heavy atom. The molecule has 0 bridgehead atoms. The van der Waals surface area contributed by atoms with Gasteiger partial charge in [-0.05, 0) is 36.4 Å². The molecule has 1 saturated heterocycles. The molecule has 2 aromatic carbocycles. The molecule has 0 saturated carbocycles. The lowest BCUT2D eigenvalue weighted by atomic mass is 10.1. The molecule has 1 aliphatic rings. The van der Waals surface area contributed by atoms with Gasteiger partial charge in [0.1, 0.15) is 11.8 Å². The lowest BCUT2D eigenvalue weighted by molar-refractivity contribution is 0.0745. The lowest BCUT2D eigenvalue weighted by Crippen LogP contribution is -2.48. The highest BCUT2D eigenvalue weighted by molar-refractivity contribution is 5.94. The van der Waals surface area contributed by atoms with Gasteiger partial charge in [0, 0.05) is 37.3 Å². The first kappa shape index (κ1) is 22.0. The zero-order chi connectivity index (χ0) is 23.4. The molecule has 0 N–H and O–H groups in total. The highest BCUT2D eigenvalue weighted by Crippen LogP contribution is 2.34. The fourth-order valence-electron chi connectivity index (χ4n) is 3.74. The summed E-state index contributed by atoms with van der Waals surface area (Å²) in [6, 6.07) is 14.5. The second-order valence-electron chi connectivity index (χ2n) is 7.37. The Kier molecular flexibility index (Phi) is 6.36. The van der Waals surface area contributed by atoms with E-state index in [1.807, 2.05) is 4.90 Å². The van der Waals surface area contributed by atoms with E-state index in [-0.39, 0.29) is 11.6 Å². The van der Waals surface area contributed by atoms with Crippen molar-refractivity contribution in [3.05, 3.63) is 53.7 Å². The van der Waals surface area contributed by atoms with Gasteiger partial charge in [-0.15, -0.1) is 0 Å². The third-order valence-corrected chi connectivity index (χ3v) is 5.52. The molecule has 0 unspecified atom stereocenters. The first-order chi connectivity index (χ1) is 16.1. The summed E-state index contributed by atoms with van der Waals surface area (Å²) in [6.07, 6.45) is 0. The van der Waals surface area contributed by atoms with Gasteiger partial charge in [-0.3, -0.25) is 4.79 Å². The minimum atomic E-state index is -0.0577. The van der Waals surface area contributed by atoms with Crippen molar-refractivity contribution in [3.63, 3.8) is 0 Å². The van der Waals surface area contributed by atoms with Crippen LogP contribution in [0.5, 0.6) is 17.2 Å². The maximum Gasteiger partial charge on any atom is 0.254 e. The molecule has 4 rings (SSSR count).